The Hall–Kier alpha value is -3.39. The third-order valence-electron chi connectivity index (χ3n) is 7.64. The lowest BCUT2D eigenvalue weighted by molar-refractivity contribution is -0.133. The van der Waals surface area contributed by atoms with Gasteiger partial charge in [-0.2, -0.15) is 0 Å². The van der Waals surface area contributed by atoms with Gasteiger partial charge in [-0.05, 0) is 56.7 Å². The average molecular weight is 565 g/mol. The lowest BCUT2D eigenvalue weighted by atomic mass is 9.89. The Morgan fingerprint density at radius 3 is 2.32 bits per heavy atom. The summed E-state index contributed by atoms with van der Waals surface area (Å²) < 4.78 is 5.37. The van der Waals surface area contributed by atoms with E-state index < -0.39 is 17.7 Å². The number of carbonyl (C=O) groups excluding carboxylic acids is 3. The molecule has 224 valence electrons. The minimum absolute atomic E-state index is 0.0295. The van der Waals surface area contributed by atoms with Gasteiger partial charge in [0.05, 0.1) is 12.1 Å². The smallest absolute Gasteiger partial charge is 0.408 e. The summed E-state index contributed by atoms with van der Waals surface area (Å²) in [7, 11) is 0. The number of nitrogens with zero attached hydrogens (tertiary/aromatic N) is 2. The predicted molar refractivity (Wildman–Crippen MR) is 164 cm³/mol. The van der Waals surface area contributed by atoms with Gasteiger partial charge in [0.25, 0.3) is 0 Å². The fourth-order valence-corrected chi connectivity index (χ4v) is 5.40. The summed E-state index contributed by atoms with van der Waals surface area (Å²) >= 11 is 0. The molecule has 3 rings (SSSR count). The molecule has 41 heavy (non-hydrogen) atoms. The molecule has 0 aliphatic carbocycles. The fraction of sp³-hybridized carbons (Fsp3) is 0.545. The number of ether oxygens (including phenoxy) is 1. The highest BCUT2D eigenvalue weighted by Crippen LogP contribution is 2.27. The number of nitrogens with one attached hydrogen (secondary N) is 2. The van der Waals surface area contributed by atoms with E-state index in [0.29, 0.717) is 25.4 Å². The highest BCUT2D eigenvalue weighted by molar-refractivity contribution is 5.95. The molecule has 2 aromatic rings. The number of carbonyl (C=O) groups is 3. The van der Waals surface area contributed by atoms with E-state index in [9.17, 15) is 14.4 Å². The van der Waals surface area contributed by atoms with Gasteiger partial charge in [-0.3, -0.25) is 14.5 Å². The highest BCUT2D eigenvalue weighted by Gasteiger charge is 2.37. The molecule has 2 aromatic carbocycles. The van der Waals surface area contributed by atoms with Crippen LogP contribution in [-0.2, 0) is 27.5 Å². The Balaban J connectivity index is 1.69. The van der Waals surface area contributed by atoms with Gasteiger partial charge in [-0.25, -0.2) is 4.79 Å². The number of ketones is 1. The minimum atomic E-state index is -1.06. The molecule has 1 aliphatic heterocycles. The van der Waals surface area contributed by atoms with Crippen LogP contribution in [0.25, 0.3) is 0 Å². The van der Waals surface area contributed by atoms with E-state index in [1.807, 2.05) is 64.1 Å². The number of alkyl carbamates (subject to hydrolysis) is 1. The van der Waals surface area contributed by atoms with Crippen LogP contribution in [0.4, 0.5) is 10.5 Å². The van der Waals surface area contributed by atoms with Crippen molar-refractivity contribution < 1.29 is 19.1 Å². The Labute approximate surface area is 245 Å². The molecular weight excluding hydrogens is 516 g/mol. The van der Waals surface area contributed by atoms with E-state index in [0.717, 1.165) is 25.1 Å². The second kappa shape index (κ2) is 15.0. The molecule has 0 saturated carbocycles. The molecule has 1 heterocycles. The number of amides is 2. The summed E-state index contributed by atoms with van der Waals surface area (Å²) in [6.45, 7) is 14.8. The third-order valence-corrected chi connectivity index (χ3v) is 7.64. The lowest BCUT2D eigenvalue weighted by Crippen LogP contribution is -2.59. The fourth-order valence-electron chi connectivity index (χ4n) is 5.40. The number of anilines is 1. The molecule has 2 amide bonds. The van der Waals surface area contributed by atoms with E-state index in [1.54, 1.807) is 0 Å². The summed E-state index contributed by atoms with van der Waals surface area (Å²) in [6, 6.07) is 17.3. The maximum absolute atomic E-state index is 13.8. The Bertz CT molecular complexity index is 1150. The maximum atomic E-state index is 13.8. The van der Waals surface area contributed by atoms with Crippen LogP contribution in [0.3, 0.4) is 0 Å². The zero-order valence-electron chi connectivity index (χ0n) is 25.6. The molecule has 0 aromatic heterocycles. The highest BCUT2D eigenvalue weighted by atomic mass is 16.5. The van der Waals surface area contributed by atoms with Gasteiger partial charge in [0.15, 0.2) is 5.78 Å². The monoisotopic (exact) mass is 564 g/mol. The molecule has 0 spiro atoms. The first kappa shape index (κ1) is 32.1. The van der Waals surface area contributed by atoms with Gasteiger partial charge >= 0.3 is 6.09 Å². The van der Waals surface area contributed by atoms with Crippen LogP contribution in [0.15, 0.2) is 54.6 Å². The zero-order valence-corrected chi connectivity index (χ0v) is 25.6. The summed E-state index contributed by atoms with van der Waals surface area (Å²) in [4.78, 5) is 44.6. The molecule has 8 nitrogen and oxygen atoms in total. The van der Waals surface area contributed by atoms with Crippen molar-refractivity contribution in [1.29, 1.82) is 0 Å². The second-order valence-corrected chi connectivity index (χ2v) is 12.0. The van der Waals surface area contributed by atoms with E-state index in [1.165, 1.54) is 11.3 Å². The summed E-state index contributed by atoms with van der Waals surface area (Å²) in [5.41, 5.74) is 2.22. The van der Waals surface area contributed by atoms with Crippen molar-refractivity contribution in [3.8, 4) is 0 Å². The van der Waals surface area contributed by atoms with Crippen LogP contribution in [-0.4, -0.2) is 59.9 Å². The molecule has 1 aliphatic rings. The first-order valence-corrected chi connectivity index (χ1v) is 14.9. The summed E-state index contributed by atoms with van der Waals surface area (Å²) in [5, 5.41) is 5.77. The largest absolute Gasteiger partial charge is 0.445 e. The maximum Gasteiger partial charge on any atom is 0.408 e. The number of hydrogen-bond acceptors (Lipinski definition) is 6. The van der Waals surface area contributed by atoms with Crippen LogP contribution in [0, 0.1) is 5.92 Å². The third kappa shape index (κ3) is 9.32. The van der Waals surface area contributed by atoms with E-state index >= 15 is 0 Å². The number of benzene rings is 2. The molecule has 2 N–H and O–H groups in total. The van der Waals surface area contributed by atoms with Crippen LogP contribution >= 0.6 is 0 Å². The standard InChI is InChI=1S/C33H48N4O4/c1-7-17-33(6,30(38)22-36-18-19-37(25(4)5)29-16-12-11-15-27(29)21-36)35-31(39)28(20-24(2)3)34-32(40)41-23-26-13-9-8-10-14-26/h8-16,24-25,28H,7,17-23H2,1-6H3,(H,34,40)(H,35,39)/t28-,33-/m0/s1. The summed E-state index contributed by atoms with van der Waals surface area (Å²) in [6.07, 6.45) is 1.01. The van der Waals surface area contributed by atoms with Crippen molar-refractivity contribution in [2.45, 2.75) is 91.6 Å². The van der Waals surface area contributed by atoms with Crippen molar-refractivity contribution in [3.63, 3.8) is 0 Å². The van der Waals surface area contributed by atoms with Crippen LogP contribution in [0.2, 0.25) is 0 Å². The van der Waals surface area contributed by atoms with Crippen LogP contribution in [0.1, 0.15) is 71.9 Å². The molecule has 0 fully saturated rings. The number of hydrogen-bond donors (Lipinski definition) is 2. The van der Waals surface area contributed by atoms with Gasteiger partial charge in [0.1, 0.15) is 12.6 Å². The van der Waals surface area contributed by atoms with Crippen molar-refractivity contribution in [2.24, 2.45) is 5.92 Å². The first-order chi connectivity index (χ1) is 19.5. The van der Waals surface area contributed by atoms with Gasteiger partial charge < -0.3 is 20.3 Å². The van der Waals surface area contributed by atoms with E-state index in [2.05, 4.69) is 52.5 Å². The Morgan fingerprint density at radius 1 is 0.976 bits per heavy atom. The molecular formula is C33H48N4O4. The molecule has 0 radical (unpaired) electrons. The SMILES string of the molecule is CCC[C@](C)(NC(=O)[C@H](CC(C)C)NC(=O)OCc1ccccc1)C(=O)CN1CCN(C(C)C)c2ccccc2C1. The number of Topliss-reactive ketones (excluding diaryl/α,β-unsaturated/α-hetero) is 1. The zero-order chi connectivity index (χ0) is 30.0. The number of fused-ring (bicyclic) bond motifs is 1. The molecule has 0 bridgehead atoms. The predicted octanol–water partition coefficient (Wildman–Crippen LogP) is 5.30. The van der Waals surface area contributed by atoms with Crippen molar-refractivity contribution in [2.75, 3.05) is 24.5 Å². The van der Waals surface area contributed by atoms with Gasteiger partial charge in [-0.1, -0.05) is 75.7 Å². The van der Waals surface area contributed by atoms with Gasteiger partial charge in [0.2, 0.25) is 5.91 Å². The summed E-state index contributed by atoms with van der Waals surface area (Å²) in [5.74, 6) is -0.251. The van der Waals surface area contributed by atoms with Crippen molar-refractivity contribution in [1.82, 2.24) is 15.5 Å². The topological polar surface area (TPSA) is 91.0 Å². The second-order valence-electron chi connectivity index (χ2n) is 12.0. The van der Waals surface area contributed by atoms with E-state index in [4.69, 9.17) is 4.74 Å². The van der Waals surface area contributed by atoms with Crippen molar-refractivity contribution in [3.05, 3.63) is 65.7 Å². The number of para-hydroxylation sites is 1. The average Bonchev–Trinajstić information content (AvgIpc) is 3.11. The molecule has 2 atom stereocenters. The first-order valence-electron chi connectivity index (χ1n) is 14.9. The quantitative estimate of drug-likeness (QED) is 0.343. The van der Waals surface area contributed by atoms with Crippen LogP contribution < -0.4 is 15.5 Å². The molecule has 8 heteroatoms. The van der Waals surface area contributed by atoms with Crippen molar-refractivity contribution >= 4 is 23.5 Å². The van der Waals surface area contributed by atoms with Gasteiger partial charge in [0, 0.05) is 31.4 Å². The number of rotatable bonds is 13. The van der Waals surface area contributed by atoms with E-state index in [-0.39, 0.29) is 30.8 Å². The lowest BCUT2D eigenvalue weighted by Gasteiger charge is -2.33. The minimum Gasteiger partial charge on any atom is -0.445 e. The Morgan fingerprint density at radius 2 is 1.66 bits per heavy atom. The molecule has 0 saturated heterocycles. The van der Waals surface area contributed by atoms with Crippen LogP contribution in [0.5, 0.6) is 0 Å². The normalized spacial score (nSPS) is 16.0. The molecule has 0 unspecified atom stereocenters. The Kier molecular flexibility index (Phi) is 11.8. The van der Waals surface area contributed by atoms with Gasteiger partial charge in [-0.15, -0.1) is 0 Å².